The lowest BCUT2D eigenvalue weighted by Gasteiger charge is -1.96. The summed E-state index contributed by atoms with van der Waals surface area (Å²) in [5, 5.41) is 0. The highest BCUT2D eigenvalue weighted by atomic mass is 79.9. The number of nitrogens with zero attached hydrogens (tertiary/aromatic N) is 1. The van der Waals surface area contributed by atoms with Crippen molar-refractivity contribution in [2.24, 2.45) is 5.90 Å². The average Bonchev–Trinajstić information content (AvgIpc) is 2.03. The van der Waals surface area contributed by atoms with Gasteiger partial charge in [-0.1, -0.05) is 0 Å². The van der Waals surface area contributed by atoms with Crippen molar-refractivity contribution in [1.29, 1.82) is 0 Å². The van der Waals surface area contributed by atoms with Gasteiger partial charge in [-0.15, -0.1) is 0 Å². The van der Waals surface area contributed by atoms with E-state index in [1.54, 1.807) is 12.3 Å². The van der Waals surface area contributed by atoms with E-state index in [-0.39, 0.29) is 0 Å². The number of aromatic nitrogens is 1. The second-order valence-corrected chi connectivity index (χ2v) is 2.71. The van der Waals surface area contributed by atoms with Crippen molar-refractivity contribution in [2.75, 3.05) is 0 Å². The highest BCUT2D eigenvalue weighted by Crippen LogP contribution is 2.09. The molecule has 0 aliphatic heterocycles. The van der Waals surface area contributed by atoms with Crippen molar-refractivity contribution in [3.8, 4) is 0 Å². The molecule has 58 valence electrons. The molecule has 1 heterocycles. The summed E-state index contributed by atoms with van der Waals surface area (Å²) >= 11 is 3.15. The molecule has 4 nitrogen and oxygen atoms in total. The van der Waals surface area contributed by atoms with E-state index < -0.39 is 5.97 Å². The minimum Gasteiger partial charge on any atom is -0.370 e. The van der Waals surface area contributed by atoms with E-state index in [0.29, 0.717) is 10.0 Å². The van der Waals surface area contributed by atoms with Crippen LogP contribution in [0.2, 0.25) is 0 Å². The summed E-state index contributed by atoms with van der Waals surface area (Å²) in [5.41, 5.74) is 0.321. The maximum atomic E-state index is 10.8. The predicted molar refractivity (Wildman–Crippen MR) is 41.5 cm³/mol. The number of pyridine rings is 1. The first kappa shape index (κ1) is 8.16. The summed E-state index contributed by atoms with van der Waals surface area (Å²) in [5.74, 6) is 4.06. The Kier molecular flexibility index (Phi) is 2.56. The third-order valence-electron chi connectivity index (χ3n) is 1.05. The molecule has 0 spiro atoms. The molecule has 0 aliphatic rings. The monoisotopic (exact) mass is 216 g/mol. The van der Waals surface area contributed by atoms with Crippen molar-refractivity contribution in [1.82, 2.24) is 4.98 Å². The molecule has 2 N–H and O–H groups in total. The SMILES string of the molecule is NOC(=O)c1cncc(Br)c1. The summed E-state index contributed by atoms with van der Waals surface area (Å²) in [6.45, 7) is 0. The predicted octanol–water partition coefficient (Wildman–Crippen LogP) is 0.875. The molecule has 0 bridgehead atoms. The van der Waals surface area contributed by atoms with Gasteiger partial charge in [0.05, 0.1) is 5.56 Å². The minimum absolute atomic E-state index is 0.321. The maximum Gasteiger partial charge on any atom is 0.358 e. The number of rotatable bonds is 1. The Balaban J connectivity index is 2.96. The van der Waals surface area contributed by atoms with Crippen LogP contribution in [0.1, 0.15) is 10.4 Å². The lowest BCUT2D eigenvalue weighted by atomic mass is 10.3. The van der Waals surface area contributed by atoms with Crippen LogP contribution in [0.15, 0.2) is 22.9 Å². The normalized spacial score (nSPS) is 9.27. The number of carbonyl (C=O) groups is 1. The summed E-state index contributed by atoms with van der Waals surface area (Å²) in [7, 11) is 0. The molecule has 0 saturated carbocycles. The smallest absolute Gasteiger partial charge is 0.358 e. The molecule has 1 rings (SSSR count). The van der Waals surface area contributed by atoms with Crippen molar-refractivity contribution < 1.29 is 9.63 Å². The molecule has 0 radical (unpaired) electrons. The van der Waals surface area contributed by atoms with Crippen LogP contribution >= 0.6 is 15.9 Å². The molecule has 5 heteroatoms. The largest absolute Gasteiger partial charge is 0.370 e. The second kappa shape index (κ2) is 3.45. The molecule has 0 saturated heterocycles. The zero-order valence-electron chi connectivity index (χ0n) is 5.45. The van der Waals surface area contributed by atoms with E-state index in [2.05, 4.69) is 31.6 Å². The van der Waals surface area contributed by atoms with E-state index in [4.69, 9.17) is 0 Å². The van der Waals surface area contributed by atoms with Crippen LogP contribution in [0.4, 0.5) is 0 Å². The zero-order chi connectivity index (χ0) is 8.27. The third-order valence-corrected chi connectivity index (χ3v) is 1.48. The van der Waals surface area contributed by atoms with Gasteiger partial charge in [0.15, 0.2) is 0 Å². The Labute approximate surface area is 71.5 Å². The molecule has 0 amide bonds. The van der Waals surface area contributed by atoms with Crippen LogP contribution in [0, 0.1) is 0 Å². The summed E-state index contributed by atoms with van der Waals surface area (Å²) < 4.78 is 0.709. The van der Waals surface area contributed by atoms with Gasteiger partial charge < -0.3 is 4.84 Å². The van der Waals surface area contributed by atoms with Crippen molar-refractivity contribution >= 4 is 21.9 Å². The van der Waals surface area contributed by atoms with Crippen molar-refractivity contribution in [3.05, 3.63) is 28.5 Å². The van der Waals surface area contributed by atoms with E-state index in [1.807, 2.05) is 0 Å². The molecular formula is C6H5BrN2O2. The Morgan fingerprint density at radius 2 is 2.36 bits per heavy atom. The van der Waals surface area contributed by atoms with Crippen LogP contribution in [-0.2, 0) is 4.84 Å². The molecule has 1 aromatic rings. The van der Waals surface area contributed by atoms with Gasteiger partial charge in [-0.05, 0) is 22.0 Å². The van der Waals surface area contributed by atoms with Gasteiger partial charge in [0, 0.05) is 16.9 Å². The van der Waals surface area contributed by atoms with Crippen LogP contribution in [-0.4, -0.2) is 11.0 Å². The Morgan fingerprint density at radius 3 is 2.91 bits per heavy atom. The molecule has 0 atom stereocenters. The first-order valence-electron chi connectivity index (χ1n) is 2.75. The Bertz CT molecular complexity index is 277. The van der Waals surface area contributed by atoms with Crippen molar-refractivity contribution in [2.45, 2.75) is 0 Å². The molecule has 0 fully saturated rings. The van der Waals surface area contributed by atoms with Crippen LogP contribution in [0.5, 0.6) is 0 Å². The van der Waals surface area contributed by atoms with Crippen molar-refractivity contribution in [3.63, 3.8) is 0 Å². The van der Waals surface area contributed by atoms with E-state index in [9.17, 15) is 4.79 Å². The lowest BCUT2D eigenvalue weighted by Crippen LogP contribution is -2.10. The van der Waals surface area contributed by atoms with Gasteiger partial charge in [0.25, 0.3) is 0 Å². The Hall–Kier alpha value is -0.940. The zero-order valence-corrected chi connectivity index (χ0v) is 7.04. The first-order valence-corrected chi connectivity index (χ1v) is 3.55. The summed E-state index contributed by atoms with van der Waals surface area (Å²) in [4.78, 5) is 18.5. The lowest BCUT2D eigenvalue weighted by molar-refractivity contribution is 0.0503. The fourth-order valence-corrected chi connectivity index (χ4v) is 0.956. The van der Waals surface area contributed by atoms with Gasteiger partial charge in [-0.3, -0.25) is 4.98 Å². The fraction of sp³-hybridized carbons (Fsp3) is 0. The molecule has 0 unspecified atom stereocenters. The molecule has 1 aromatic heterocycles. The number of nitrogens with two attached hydrogens (primary N) is 1. The average molecular weight is 217 g/mol. The highest BCUT2D eigenvalue weighted by Gasteiger charge is 2.05. The van der Waals surface area contributed by atoms with Gasteiger partial charge >= 0.3 is 5.97 Å². The highest BCUT2D eigenvalue weighted by molar-refractivity contribution is 9.10. The molecular weight excluding hydrogens is 212 g/mol. The minimum atomic E-state index is -0.598. The number of hydrogen-bond donors (Lipinski definition) is 1. The summed E-state index contributed by atoms with van der Waals surface area (Å²) in [6.07, 6.45) is 2.94. The van der Waals surface area contributed by atoms with Gasteiger partial charge in [0.2, 0.25) is 0 Å². The van der Waals surface area contributed by atoms with Gasteiger partial charge in [0.1, 0.15) is 0 Å². The standard InChI is InChI=1S/C6H5BrN2O2/c7-5-1-4(2-9-3-5)6(10)11-8/h1-3H,8H2. The Morgan fingerprint density at radius 1 is 1.64 bits per heavy atom. The van der Waals surface area contributed by atoms with Crippen LogP contribution in [0.25, 0.3) is 0 Å². The van der Waals surface area contributed by atoms with Crippen LogP contribution < -0.4 is 5.90 Å². The molecule has 0 aromatic carbocycles. The quantitative estimate of drug-likeness (QED) is 0.709. The van der Waals surface area contributed by atoms with E-state index in [0.717, 1.165) is 0 Å². The first-order chi connectivity index (χ1) is 5.24. The number of halogens is 1. The van der Waals surface area contributed by atoms with Gasteiger partial charge in [-0.2, -0.15) is 5.90 Å². The van der Waals surface area contributed by atoms with Crippen LogP contribution in [0.3, 0.4) is 0 Å². The number of carbonyl (C=O) groups excluding carboxylic acids is 1. The van der Waals surface area contributed by atoms with Gasteiger partial charge in [-0.25, -0.2) is 4.79 Å². The van der Waals surface area contributed by atoms with E-state index >= 15 is 0 Å². The summed E-state index contributed by atoms with van der Waals surface area (Å²) in [6, 6.07) is 1.57. The fourth-order valence-electron chi connectivity index (χ4n) is 0.592. The molecule has 11 heavy (non-hydrogen) atoms. The topological polar surface area (TPSA) is 65.2 Å². The second-order valence-electron chi connectivity index (χ2n) is 1.80. The number of hydrogen-bond acceptors (Lipinski definition) is 4. The maximum absolute atomic E-state index is 10.8. The molecule has 0 aliphatic carbocycles. The third kappa shape index (κ3) is 1.99. The van der Waals surface area contributed by atoms with E-state index in [1.165, 1.54) is 6.20 Å².